The Hall–Kier alpha value is -0.880. The van der Waals surface area contributed by atoms with Crippen LogP contribution < -0.4 is 0 Å². The third-order valence-electron chi connectivity index (χ3n) is 3.65. The van der Waals surface area contributed by atoms with E-state index in [1.54, 1.807) is 0 Å². The Morgan fingerprint density at radius 2 is 1.16 bits per heavy atom. The Labute approximate surface area is 154 Å². The van der Waals surface area contributed by atoms with Gasteiger partial charge in [-0.05, 0) is 32.1 Å². The fourth-order valence-electron chi connectivity index (χ4n) is 2.35. The monoisotopic (exact) mass is 378 g/mol. The van der Waals surface area contributed by atoms with Crippen LogP contribution in [0.5, 0.6) is 0 Å². The zero-order chi connectivity index (χ0) is 19.4. The van der Waals surface area contributed by atoms with Gasteiger partial charge in [0, 0.05) is 6.42 Å². The molecule has 0 saturated carbocycles. The Bertz CT molecular complexity index is 408. The average Bonchev–Trinajstić information content (AvgIpc) is 2.49. The first kappa shape index (κ1) is 26.4. The molecule has 0 aromatic carbocycles. The molecule has 6 heteroatoms. The molecular formula is C19H38O5S. The van der Waals surface area contributed by atoms with Crippen LogP contribution in [0.4, 0.5) is 0 Å². The summed E-state index contributed by atoms with van der Waals surface area (Å²) in [5.74, 6) is -0.664. The van der Waals surface area contributed by atoms with Gasteiger partial charge < -0.3 is 5.11 Å². The van der Waals surface area contributed by atoms with Crippen molar-refractivity contribution in [2.24, 2.45) is 0 Å². The van der Waals surface area contributed by atoms with E-state index in [1.807, 2.05) is 0 Å². The predicted molar refractivity (Wildman–Crippen MR) is 105 cm³/mol. The van der Waals surface area contributed by atoms with E-state index >= 15 is 0 Å². The van der Waals surface area contributed by atoms with Gasteiger partial charge in [0.2, 0.25) is 0 Å². The molecule has 150 valence electrons. The second-order valence-electron chi connectivity index (χ2n) is 6.46. The van der Waals surface area contributed by atoms with Crippen molar-refractivity contribution in [3.05, 3.63) is 12.2 Å². The van der Waals surface area contributed by atoms with Gasteiger partial charge in [-0.15, -0.1) is 0 Å². The maximum atomic E-state index is 10.3. The number of hydrogen-bond donors (Lipinski definition) is 2. The molecule has 2 N–H and O–H groups in total. The van der Waals surface area contributed by atoms with E-state index in [2.05, 4.69) is 19.1 Å². The summed E-state index contributed by atoms with van der Waals surface area (Å²) in [6.45, 7) is 2.26. The van der Waals surface area contributed by atoms with E-state index in [0.717, 1.165) is 12.8 Å². The summed E-state index contributed by atoms with van der Waals surface area (Å²) in [4.78, 5) is 10.3. The van der Waals surface area contributed by atoms with Crippen molar-refractivity contribution < 1.29 is 22.9 Å². The van der Waals surface area contributed by atoms with Crippen molar-refractivity contribution in [2.45, 2.75) is 96.8 Å². The lowest BCUT2D eigenvalue weighted by Crippen LogP contribution is -1.93. The number of carboxylic acids is 1. The largest absolute Gasteiger partial charge is 0.481 e. The number of rotatable bonds is 15. The first-order valence-corrected chi connectivity index (χ1v) is 11.4. The van der Waals surface area contributed by atoms with Crippen LogP contribution in [0.15, 0.2) is 12.2 Å². The molecule has 5 nitrogen and oxygen atoms in total. The standard InChI is InChI=1S/C18H34O2.CH4O3S/c1-2-3-4-5-6-7-8-9-10-11-12-13-14-15-16-17-18(19)20;1-5(2,3)4/h9-10H,2-8,11-17H2,1H3,(H,19,20);1H3,(H,2,3,4)/b10-9-;. The zero-order valence-electron chi connectivity index (χ0n) is 16.1. The van der Waals surface area contributed by atoms with Gasteiger partial charge in [0.25, 0.3) is 10.1 Å². The van der Waals surface area contributed by atoms with Crippen LogP contribution in [0.25, 0.3) is 0 Å². The fourth-order valence-corrected chi connectivity index (χ4v) is 2.35. The van der Waals surface area contributed by atoms with Gasteiger partial charge in [-0.2, -0.15) is 8.42 Å². The molecule has 0 saturated heterocycles. The molecular weight excluding hydrogens is 340 g/mol. The summed E-state index contributed by atoms with van der Waals surface area (Å²) in [5, 5.41) is 8.51. The summed E-state index contributed by atoms with van der Waals surface area (Å²) in [6.07, 6.45) is 22.0. The highest BCUT2D eigenvalue weighted by molar-refractivity contribution is 7.85. The first-order valence-electron chi connectivity index (χ1n) is 9.56. The van der Waals surface area contributed by atoms with Gasteiger partial charge in [-0.3, -0.25) is 9.35 Å². The average molecular weight is 379 g/mol. The van der Waals surface area contributed by atoms with Crippen LogP contribution in [0, 0.1) is 0 Å². The van der Waals surface area contributed by atoms with Gasteiger partial charge in [-0.25, -0.2) is 0 Å². The van der Waals surface area contributed by atoms with E-state index in [4.69, 9.17) is 9.66 Å². The maximum absolute atomic E-state index is 10.3. The lowest BCUT2D eigenvalue weighted by molar-refractivity contribution is -0.137. The highest BCUT2D eigenvalue weighted by Crippen LogP contribution is 2.09. The summed E-state index contributed by atoms with van der Waals surface area (Å²) >= 11 is 0. The van der Waals surface area contributed by atoms with Gasteiger partial charge in [0.1, 0.15) is 0 Å². The second kappa shape index (κ2) is 19.4. The van der Waals surface area contributed by atoms with Crippen LogP contribution in [0.1, 0.15) is 96.8 Å². The Kier molecular flexibility index (Phi) is 20.5. The van der Waals surface area contributed by atoms with Gasteiger partial charge >= 0.3 is 5.97 Å². The molecule has 25 heavy (non-hydrogen) atoms. The molecule has 0 spiro atoms. The minimum atomic E-state index is -3.67. The summed E-state index contributed by atoms with van der Waals surface area (Å²) < 4.78 is 25.9. The van der Waals surface area contributed by atoms with Crippen molar-refractivity contribution in [1.29, 1.82) is 0 Å². The van der Waals surface area contributed by atoms with E-state index < -0.39 is 16.1 Å². The van der Waals surface area contributed by atoms with Gasteiger partial charge in [-0.1, -0.05) is 70.4 Å². The number of aliphatic carboxylic acids is 1. The van der Waals surface area contributed by atoms with Crippen molar-refractivity contribution >= 4 is 16.1 Å². The van der Waals surface area contributed by atoms with Crippen LogP contribution in [-0.2, 0) is 14.9 Å². The lowest BCUT2D eigenvalue weighted by atomic mass is 10.1. The summed E-state index contributed by atoms with van der Waals surface area (Å²) in [6, 6.07) is 0. The van der Waals surface area contributed by atoms with Gasteiger partial charge in [0.15, 0.2) is 0 Å². The first-order chi connectivity index (χ1) is 11.8. The van der Waals surface area contributed by atoms with E-state index in [1.165, 1.54) is 70.6 Å². The maximum Gasteiger partial charge on any atom is 0.303 e. The van der Waals surface area contributed by atoms with Crippen molar-refractivity contribution in [1.82, 2.24) is 0 Å². The van der Waals surface area contributed by atoms with Crippen LogP contribution in [0.3, 0.4) is 0 Å². The highest BCUT2D eigenvalue weighted by atomic mass is 32.2. The molecule has 0 atom stereocenters. The third-order valence-corrected chi connectivity index (χ3v) is 3.65. The Morgan fingerprint density at radius 3 is 1.56 bits per heavy atom. The number of allylic oxidation sites excluding steroid dienone is 2. The van der Waals surface area contributed by atoms with Crippen LogP contribution in [0.2, 0.25) is 0 Å². The number of carboxylic acid groups (broad SMARTS) is 1. The van der Waals surface area contributed by atoms with E-state index in [-0.39, 0.29) is 0 Å². The predicted octanol–water partition coefficient (Wildman–Crippen LogP) is 5.61. The van der Waals surface area contributed by atoms with E-state index in [0.29, 0.717) is 12.7 Å². The Morgan fingerprint density at radius 1 is 0.800 bits per heavy atom. The minimum absolute atomic E-state index is 0.332. The minimum Gasteiger partial charge on any atom is -0.481 e. The smallest absolute Gasteiger partial charge is 0.303 e. The molecule has 0 aliphatic rings. The fraction of sp³-hybridized carbons (Fsp3) is 0.842. The molecule has 0 heterocycles. The summed E-state index contributed by atoms with van der Waals surface area (Å²) in [5.41, 5.74) is 0. The van der Waals surface area contributed by atoms with Crippen LogP contribution >= 0.6 is 0 Å². The summed E-state index contributed by atoms with van der Waals surface area (Å²) in [7, 11) is -3.67. The molecule has 0 aromatic rings. The SMILES string of the molecule is CCCCCCCC/C=C\CCCCCCCC(=O)O.CS(=O)(=O)O. The van der Waals surface area contributed by atoms with Crippen molar-refractivity contribution in [3.8, 4) is 0 Å². The topological polar surface area (TPSA) is 91.7 Å². The Balaban J connectivity index is 0. The molecule has 0 amide bonds. The number of unbranched alkanes of at least 4 members (excludes halogenated alkanes) is 11. The number of hydrogen-bond acceptors (Lipinski definition) is 3. The normalized spacial score (nSPS) is 11.3. The van der Waals surface area contributed by atoms with Crippen molar-refractivity contribution in [2.75, 3.05) is 6.26 Å². The highest BCUT2D eigenvalue weighted by Gasteiger charge is 1.95. The molecule has 0 aliphatic heterocycles. The molecule has 0 radical (unpaired) electrons. The molecule has 0 bridgehead atoms. The number of carbonyl (C=O) groups is 1. The lowest BCUT2D eigenvalue weighted by Gasteiger charge is -1.99. The molecule has 0 rings (SSSR count). The van der Waals surface area contributed by atoms with Gasteiger partial charge in [0.05, 0.1) is 6.26 Å². The van der Waals surface area contributed by atoms with Crippen molar-refractivity contribution in [3.63, 3.8) is 0 Å². The third kappa shape index (κ3) is 39.7. The second-order valence-corrected chi connectivity index (χ2v) is 7.93. The van der Waals surface area contributed by atoms with Crippen LogP contribution in [-0.4, -0.2) is 30.3 Å². The molecule has 0 aromatic heterocycles. The quantitative estimate of drug-likeness (QED) is 0.219. The molecule has 0 aliphatic carbocycles. The van der Waals surface area contributed by atoms with E-state index in [9.17, 15) is 13.2 Å². The molecule has 0 unspecified atom stereocenters. The molecule has 0 fully saturated rings. The zero-order valence-corrected chi connectivity index (χ0v) is 16.9.